The van der Waals surface area contributed by atoms with E-state index in [2.05, 4.69) is 15.0 Å². The van der Waals surface area contributed by atoms with Gasteiger partial charge in [0.1, 0.15) is 12.8 Å². The largest absolute Gasteiger partial charge is 0.445 e. The Bertz CT molecular complexity index is 1020. The van der Waals surface area contributed by atoms with Crippen molar-refractivity contribution in [1.29, 1.82) is 0 Å². The SMILES string of the molecule is CN(c1ccccc1)c1ncc(C(=O)C2COc3nc([N+](=O)[O-])cn3C2)cn1. The van der Waals surface area contributed by atoms with E-state index in [0.717, 1.165) is 5.69 Å². The third kappa shape index (κ3) is 3.27. The van der Waals surface area contributed by atoms with Gasteiger partial charge in [-0.25, -0.2) is 9.97 Å². The number of rotatable bonds is 5. The van der Waals surface area contributed by atoms with Crippen molar-refractivity contribution in [3.8, 4) is 6.01 Å². The van der Waals surface area contributed by atoms with Gasteiger partial charge in [-0.05, 0) is 17.1 Å². The second kappa shape index (κ2) is 7.06. The molecular formula is C18H16N6O4. The molecule has 10 nitrogen and oxygen atoms in total. The predicted molar refractivity (Wildman–Crippen MR) is 98.7 cm³/mol. The maximum Gasteiger partial charge on any atom is 0.414 e. The highest BCUT2D eigenvalue weighted by Gasteiger charge is 2.32. The van der Waals surface area contributed by atoms with E-state index in [-0.39, 0.29) is 30.8 Å². The smallest absolute Gasteiger partial charge is 0.414 e. The van der Waals surface area contributed by atoms with Gasteiger partial charge >= 0.3 is 11.8 Å². The summed E-state index contributed by atoms with van der Waals surface area (Å²) in [4.78, 5) is 37.2. The summed E-state index contributed by atoms with van der Waals surface area (Å²) < 4.78 is 6.88. The Hall–Kier alpha value is -3.82. The van der Waals surface area contributed by atoms with Crippen molar-refractivity contribution in [2.45, 2.75) is 6.54 Å². The number of fused-ring (bicyclic) bond motifs is 1. The van der Waals surface area contributed by atoms with E-state index in [1.807, 2.05) is 42.3 Å². The van der Waals surface area contributed by atoms with Crippen molar-refractivity contribution in [3.05, 3.63) is 64.6 Å². The fourth-order valence-electron chi connectivity index (χ4n) is 2.97. The van der Waals surface area contributed by atoms with Crippen LogP contribution in [-0.2, 0) is 6.54 Å². The van der Waals surface area contributed by atoms with E-state index in [1.165, 1.54) is 23.2 Å². The van der Waals surface area contributed by atoms with E-state index in [1.54, 1.807) is 0 Å². The second-order valence-corrected chi connectivity index (χ2v) is 6.33. The van der Waals surface area contributed by atoms with Crippen LogP contribution in [0.5, 0.6) is 6.01 Å². The van der Waals surface area contributed by atoms with Gasteiger partial charge in [0.15, 0.2) is 5.78 Å². The first-order chi connectivity index (χ1) is 13.5. The maximum atomic E-state index is 12.8. The molecule has 142 valence electrons. The summed E-state index contributed by atoms with van der Waals surface area (Å²) in [7, 11) is 1.84. The molecule has 1 unspecified atom stereocenters. The van der Waals surface area contributed by atoms with Crippen LogP contribution in [0.4, 0.5) is 17.5 Å². The Morgan fingerprint density at radius 2 is 2.00 bits per heavy atom. The summed E-state index contributed by atoms with van der Waals surface area (Å²) in [5.41, 5.74) is 1.29. The van der Waals surface area contributed by atoms with Crippen LogP contribution < -0.4 is 9.64 Å². The average Bonchev–Trinajstić information content (AvgIpc) is 3.17. The first kappa shape index (κ1) is 17.6. The van der Waals surface area contributed by atoms with Gasteiger partial charge in [-0.15, -0.1) is 0 Å². The number of hydrogen-bond donors (Lipinski definition) is 0. The fourth-order valence-corrected chi connectivity index (χ4v) is 2.97. The molecule has 3 heterocycles. The summed E-state index contributed by atoms with van der Waals surface area (Å²) in [6.45, 7) is 0.347. The van der Waals surface area contributed by atoms with Crippen molar-refractivity contribution < 1.29 is 14.5 Å². The van der Waals surface area contributed by atoms with Gasteiger partial charge in [0.05, 0.1) is 11.5 Å². The highest BCUT2D eigenvalue weighted by atomic mass is 16.6. The molecular weight excluding hydrogens is 364 g/mol. The monoisotopic (exact) mass is 380 g/mol. The van der Waals surface area contributed by atoms with E-state index in [4.69, 9.17) is 4.74 Å². The van der Waals surface area contributed by atoms with Crippen LogP contribution in [0.3, 0.4) is 0 Å². The lowest BCUT2D eigenvalue weighted by atomic mass is 10.00. The molecule has 0 radical (unpaired) electrons. The molecule has 4 rings (SSSR count). The normalized spacial score (nSPS) is 15.4. The zero-order valence-electron chi connectivity index (χ0n) is 14.9. The summed E-state index contributed by atoms with van der Waals surface area (Å²) in [6.07, 6.45) is 4.23. The van der Waals surface area contributed by atoms with Gasteiger partial charge in [-0.1, -0.05) is 18.2 Å². The van der Waals surface area contributed by atoms with Crippen molar-refractivity contribution in [2.75, 3.05) is 18.6 Å². The highest BCUT2D eigenvalue weighted by Crippen LogP contribution is 2.26. The lowest BCUT2D eigenvalue weighted by molar-refractivity contribution is -0.389. The Morgan fingerprint density at radius 3 is 2.68 bits per heavy atom. The number of nitrogens with zero attached hydrogens (tertiary/aromatic N) is 6. The molecule has 0 bridgehead atoms. The number of aromatic nitrogens is 4. The third-order valence-electron chi connectivity index (χ3n) is 4.48. The van der Waals surface area contributed by atoms with Gasteiger partial charge in [-0.2, -0.15) is 0 Å². The molecule has 0 saturated heterocycles. The summed E-state index contributed by atoms with van der Waals surface area (Å²) >= 11 is 0. The lowest BCUT2D eigenvalue weighted by Gasteiger charge is -2.21. The minimum atomic E-state index is -0.596. The first-order valence-electron chi connectivity index (χ1n) is 8.52. The molecule has 0 N–H and O–H groups in total. The first-order valence-corrected chi connectivity index (χ1v) is 8.52. The molecule has 0 fully saturated rings. The van der Waals surface area contributed by atoms with Crippen molar-refractivity contribution in [2.24, 2.45) is 5.92 Å². The number of hydrogen-bond acceptors (Lipinski definition) is 8. The second-order valence-electron chi connectivity index (χ2n) is 6.33. The van der Waals surface area contributed by atoms with E-state index < -0.39 is 10.8 Å². The van der Waals surface area contributed by atoms with Gasteiger partial charge in [-0.3, -0.25) is 9.36 Å². The molecule has 1 aliphatic heterocycles. The van der Waals surface area contributed by atoms with Gasteiger partial charge in [0, 0.05) is 36.7 Å². The number of ether oxygens (including phenoxy) is 1. The molecule has 1 aromatic carbocycles. The van der Waals surface area contributed by atoms with Crippen LogP contribution in [0.1, 0.15) is 10.4 Å². The van der Waals surface area contributed by atoms with Crippen LogP contribution in [0, 0.1) is 16.0 Å². The van der Waals surface area contributed by atoms with E-state index in [0.29, 0.717) is 11.5 Å². The molecule has 1 aliphatic rings. The average molecular weight is 380 g/mol. The Labute approximate surface area is 159 Å². The summed E-state index contributed by atoms with van der Waals surface area (Å²) in [6, 6.07) is 9.77. The zero-order valence-corrected chi connectivity index (χ0v) is 14.9. The molecule has 0 amide bonds. The number of carbonyl (C=O) groups is 1. The van der Waals surface area contributed by atoms with E-state index >= 15 is 0 Å². The number of benzene rings is 1. The molecule has 10 heteroatoms. The van der Waals surface area contributed by atoms with Crippen molar-refractivity contribution in [3.63, 3.8) is 0 Å². The summed E-state index contributed by atoms with van der Waals surface area (Å²) in [5, 5.41) is 10.8. The van der Waals surface area contributed by atoms with Crippen LogP contribution >= 0.6 is 0 Å². The number of nitro groups is 1. The fraction of sp³-hybridized carbons (Fsp3) is 0.222. The molecule has 0 spiro atoms. The molecule has 2 aromatic heterocycles. The van der Waals surface area contributed by atoms with Crippen LogP contribution in [0.25, 0.3) is 0 Å². The van der Waals surface area contributed by atoms with Crippen LogP contribution in [0.2, 0.25) is 0 Å². The summed E-state index contributed by atoms with van der Waals surface area (Å²) in [5.74, 6) is -0.520. The Morgan fingerprint density at radius 1 is 1.29 bits per heavy atom. The Kier molecular flexibility index (Phi) is 4.44. The van der Waals surface area contributed by atoms with Crippen molar-refractivity contribution in [1.82, 2.24) is 19.5 Å². The van der Waals surface area contributed by atoms with Crippen LogP contribution in [0.15, 0.2) is 48.9 Å². The molecule has 28 heavy (non-hydrogen) atoms. The standard InChI is InChI=1S/C18H16N6O4/c1-22(14-5-3-2-4-6-14)17-19-7-12(8-20-17)16(25)13-9-23-10-15(24(26)27)21-18(23)28-11-13/h2-8,10,13H,9,11H2,1H3. The van der Waals surface area contributed by atoms with Crippen molar-refractivity contribution >= 4 is 23.2 Å². The van der Waals surface area contributed by atoms with E-state index in [9.17, 15) is 14.9 Å². The topological polar surface area (TPSA) is 116 Å². The van der Waals surface area contributed by atoms with Gasteiger partial charge < -0.3 is 19.8 Å². The lowest BCUT2D eigenvalue weighted by Crippen LogP contribution is -2.31. The Balaban J connectivity index is 1.48. The zero-order chi connectivity index (χ0) is 19.7. The van der Waals surface area contributed by atoms with Gasteiger partial charge in [0.2, 0.25) is 5.95 Å². The number of carbonyl (C=O) groups excluding carboxylic acids is 1. The molecule has 0 saturated carbocycles. The van der Waals surface area contributed by atoms with Crippen LogP contribution in [-0.4, -0.2) is 43.9 Å². The number of Topliss-reactive ketones (excluding diaryl/α,β-unsaturated/α-hetero) is 1. The maximum absolute atomic E-state index is 12.8. The number of ketones is 1. The highest BCUT2D eigenvalue weighted by molar-refractivity contribution is 5.97. The quantitative estimate of drug-likeness (QED) is 0.376. The number of anilines is 2. The third-order valence-corrected chi connectivity index (χ3v) is 4.48. The van der Waals surface area contributed by atoms with Gasteiger partial charge in [0.25, 0.3) is 0 Å². The number of imidazole rings is 1. The minimum absolute atomic E-state index is 0.0959. The molecule has 3 aromatic rings. The predicted octanol–water partition coefficient (Wildman–Crippen LogP) is 2.24. The number of para-hydroxylation sites is 1. The molecule has 1 atom stereocenters. The minimum Gasteiger partial charge on any atom is -0.445 e. The molecule has 0 aliphatic carbocycles.